The molecule has 0 amide bonds. The van der Waals surface area contributed by atoms with E-state index in [1.807, 2.05) is 14.0 Å². The van der Waals surface area contributed by atoms with Crippen molar-refractivity contribution in [2.45, 2.75) is 6.92 Å². The Labute approximate surface area is 54.6 Å². The molecule has 1 heterocycles. The maximum Gasteiger partial charge on any atom is 0.330 e. The van der Waals surface area contributed by atoms with Crippen LogP contribution in [0.1, 0.15) is 5.69 Å². The van der Waals surface area contributed by atoms with Crippen molar-refractivity contribution in [1.82, 2.24) is 9.78 Å². The average Bonchev–Trinajstić information content (AvgIpc) is 2.15. The van der Waals surface area contributed by atoms with Crippen molar-refractivity contribution in [3.05, 3.63) is 11.9 Å². The molecule has 0 unspecified atom stereocenters. The Hall–Kier alpha value is -0.765. The van der Waals surface area contributed by atoms with E-state index in [9.17, 15) is 0 Å². The van der Waals surface area contributed by atoms with E-state index in [2.05, 4.69) is 5.10 Å². The molecular weight excluding hydrogens is 115 g/mol. The molecule has 1 rings (SSSR count). The van der Waals surface area contributed by atoms with Gasteiger partial charge in [0.2, 0.25) is 0 Å². The highest BCUT2D eigenvalue weighted by molar-refractivity contribution is 6.45. The number of aromatic nitrogens is 2. The minimum atomic E-state index is 0.775. The number of aryl methyl sites for hydroxylation is 1. The highest BCUT2D eigenvalue weighted by Gasteiger charge is 2.01. The van der Waals surface area contributed by atoms with E-state index in [0.717, 1.165) is 18.6 Å². The maximum absolute atomic E-state index is 8.55. The third kappa shape index (κ3) is 0.978. The zero-order chi connectivity index (χ0) is 6.85. The Bertz CT molecular complexity index is 209. The fourth-order valence-electron chi connectivity index (χ4n) is 0.642. The first kappa shape index (κ1) is 6.36. The monoisotopic (exact) mass is 123 g/mol. The van der Waals surface area contributed by atoms with Crippen molar-refractivity contribution in [3.8, 4) is 0 Å². The molecule has 0 aliphatic heterocycles. The van der Waals surface area contributed by atoms with Crippen LogP contribution in [0.3, 0.4) is 0 Å². The van der Waals surface area contributed by atoms with Gasteiger partial charge in [-0.05, 0) is 12.4 Å². The summed E-state index contributed by atoms with van der Waals surface area (Å²) < 4.78 is 1.71. The zero-order valence-corrected chi connectivity index (χ0v) is 5.50. The van der Waals surface area contributed by atoms with Gasteiger partial charge in [-0.1, -0.05) is 0 Å². The lowest BCUT2D eigenvalue weighted by molar-refractivity contribution is 0.615. The molecule has 1 aromatic heterocycles. The van der Waals surface area contributed by atoms with Crippen LogP contribution >= 0.6 is 0 Å². The van der Waals surface area contributed by atoms with Crippen LogP contribution in [-0.2, 0) is 7.05 Å². The van der Waals surface area contributed by atoms with Gasteiger partial charge in [0.15, 0.2) is 0 Å². The Balaban J connectivity index is 3.04. The van der Waals surface area contributed by atoms with Gasteiger partial charge < -0.3 is 5.02 Å². The summed E-state index contributed by atoms with van der Waals surface area (Å²) in [5, 5.41) is 12.5. The molecule has 1 radical (unpaired) electrons. The van der Waals surface area contributed by atoms with Crippen LogP contribution in [0.5, 0.6) is 0 Å². The summed E-state index contributed by atoms with van der Waals surface area (Å²) in [5.74, 6) is 0. The molecule has 3 nitrogen and oxygen atoms in total. The summed E-state index contributed by atoms with van der Waals surface area (Å²) >= 11 is 0. The number of hydrogen-bond donors (Lipinski definition) is 1. The molecule has 0 spiro atoms. The van der Waals surface area contributed by atoms with Crippen LogP contribution in [0.15, 0.2) is 6.20 Å². The molecule has 0 aromatic carbocycles. The normalized spacial score (nSPS) is 9.67. The Kier molecular flexibility index (Phi) is 1.57. The van der Waals surface area contributed by atoms with Gasteiger partial charge >= 0.3 is 7.48 Å². The van der Waals surface area contributed by atoms with Crippen molar-refractivity contribution in [3.63, 3.8) is 0 Å². The Morgan fingerprint density at radius 1 is 1.78 bits per heavy atom. The van der Waals surface area contributed by atoms with E-state index >= 15 is 0 Å². The molecule has 1 N–H and O–H groups in total. The minimum absolute atomic E-state index is 0.775. The fourth-order valence-corrected chi connectivity index (χ4v) is 0.642. The van der Waals surface area contributed by atoms with Crippen LogP contribution in [0.25, 0.3) is 0 Å². The van der Waals surface area contributed by atoms with Gasteiger partial charge in [-0.15, -0.1) is 0 Å². The average molecular weight is 123 g/mol. The molecule has 1 aromatic rings. The first-order valence-corrected chi connectivity index (χ1v) is 2.71. The van der Waals surface area contributed by atoms with Crippen LogP contribution < -0.4 is 5.46 Å². The molecule has 0 saturated carbocycles. The molecule has 9 heavy (non-hydrogen) atoms. The van der Waals surface area contributed by atoms with Gasteiger partial charge in [0.05, 0.1) is 0 Å². The quantitative estimate of drug-likeness (QED) is 0.484. The predicted octanol–water partition coefficient (Wildman–Crippen LogP) is -1.03. The van der Waals surface area contributed by atoms with Gasteiger partial charge in [-0.25, -0.2) is 0 Å². The van der Waals surface area contributed by atoms with Crippen molar-refractivity contribution in [2.75, 3.05) is 0 Å². The van der Waals surface area contributed by atoms with Crippen molar-refractivity contribution >= 4 is 12.9 Å². The third-order valence-electron chi connectivity index (χ3n) is 1.41. The second-order valence-electron chi connectivity index (χ2n) is 1.94. The van der Waals surface area contributed by atoms with E-state index in [4.69, 9.17) is 5.02 Å². The molecule has 0 aliphatic carbocycles. The van der Waals surface area contributed by atoms with Crippen molar-refractivity contribution in [2.24, 2.45) is 7.05 Å². The second-order valence-corrected chi connectivity index (χ2v) is 1.94. The molecule has 0 fully saturated rings. The summed E-state index contributed by atoms with van der Waals surface area (Å²) in [4.78, 5) is 0. The van der Waals surface area contributed by atoms with Crippen LogP contribution in [0.2, 0.25) is 0 Å². The van der Waals surface area contributed by atoms with Gasteiger partial charge in [-0.3, -0.25) is 4.68 Å². The van der Waals surface area contributed by atoms with E-state index in [-0.39, 0.29) is 0 Å². The first-order valence-electron chi connectivity index (χ1n) is 2.71. The van der Waals surface area contributed by atoms with E-state index in [1.165, 1.54) is 0 Å². The molecule has 0 atom stereocenters. The summed E-state index contributed by atoms with van der Waals surface area (Å²) in [6.07, 6.45) is 1.62. The van der Waals surface area contributed by atoms with E-state index in [1.54, 1.807) is 10.9 Å². The van der Waals surface area contributed by atoms with Gasteiger partial charge in [0, 0.05) is 18.9 Å². The van der Waals surface area contributed by atoms with Gasteiger partial charge in [0.25, 0.3) is 0 Å². The van der Waals surface area contributed by atoms with Crippen molar-refractivity contribution < 1.29 is 5.02 Å². The summed E-state index contributed by atoms with van der Waals surface area (Å²) in [6, 6.07) is 0. The largest absolute Gasteiger partial charge is 0.450 e. The van der Waals surface area contributed by atoms with E-state index < -0.39 is 0 Å². The third-order valence-corrected chi connectivity index (χ3v) is 1.41. The SMILES string of the molecule is Cc1c([B]O)cnn1C. The smallest absolute Gasteiger partial charge is 0.330 e. The molecule has 0 bridgehead atoms. The molecule has 4 heteroatoms. The van der Waals surface area contributed by atoms with Gasteiger partial charge in [0.1, 0.15) is 0 Å². The van der Waals surface area contributed by atoms with Crippen molar-refractivity contribution in [1.29, 1.82) is 0 Å². The lowest BCUT2D eigenvalue weighted by Gasteiger charge is -1.92. The van der Waals surface area contributed by atoms with E-state index in [0.29, 0.717) is 0 Å². The number of rotatable bonds is 1. The highest BCUT2D eigenvalue weighted by atomic mass is 16.2. The van der Waals surface area contributed by atoms with Crippen LogP contribution in [0, 0.1) is 6.92 Å². The van der Waals surface area contributed by atoms with Crippen LogP contribution in [-0.4, -0.2) is 22.3 Å². The molecule has 47 valence electrons. The molecule has 0 saturated heterocycles. The minimum Gasteiger partial charge on any atom is -0.450 e. The summed E-state index contributed by atoms with van der Waals surface area (Å²) in [5.41, 5.74) is 1.75. The standard InChI is InChI=1S/C5H8BN2O/c1-4-5(6-9)3-7-8(4)2/h3,9H,1-2H3. The zero-order valence-electron chi connectivity index (χ0n) is 5.50. The number of nitrogens with zero attached hydrogens (tertiary/aromatic N) is 2. The first-order chi connectivity index (χ1) is 4.25. The predicted molar refractivity (Wildman–Crippen MR) is 35.6 cm³/mol. The Morgan fingerprint density at radius 2 is 2.44 bits per heavy atom. The van der Waals surface area contributed by atoms with Crippen LogP contribution in [0.4, 0.5) is 0 Å². The summed E-state index contributed by atoms with van der Waals surface area (Å²) in [6.45, 7) is 1.90. The molecular formula is C5H8BN2O. The number of hydrogen-bond acceptors (Lipinski definition) is 2. The maximum atomic E-state index is 8.55. The highest BCUT2D eigenvalue weighted by Crippen LogP contribution is 1.86. The lowest BCUT2D eigenvalue weighted by atomic mass is 9.90. The second kappa shape index (κ2) is 2.23. The Morgan fingerprint density at radius 3 is 2.67 bits per heavy atom. The summed E-state index contributed by atoms with van der Waals surface area (Å²) in [7, 11) is 2.89. The molecule has 0 aliphatic rings. The van der Waals surface area contributed by atoms with Gasteiger partial charge in [-0.2, -0.15) is 5.10 Å². The fraction of sp³-hybridized carbons (Fsp3) is 0.400. The topological polar surface area (TPSA) is 38.1 Å². The lowest BCUT2D eigenvalue weighted by Crippen LogP contribution is -2.15.